The van der Waals surface area contributed by atoms with Crippen LogP contribution in [-0.2, 0) is 11.8 Å². The van der Waals surface area contributed by atoms with E-state index in [9.17, 15) is 18.4 Å². The number of fused-ring (bicyclic) bond motifs is 1. The summed E-state index contributed by atoms with van der Waals surface area (Å²) in [6, 6.07) is 10.7. The topological polar surface area (TPSA) is 104 Å². The van der Waals surface area contributed by atoms with E-state index < -0.39 is 23.0 Å². The molecule has 0 aliphatic heterocycles. The molecule has 2 aromatic carbocycles. The number of ether oxygens (including phenoxy) is 1. The monoisotopic (exact) mass is 584 g/mol. The van der Waals surface area contributed by atoms with E-state index in [4.69, 9.17) is 16.3 Å². The maximum atomic E-state index is 13.4. The third kappa shape index (κ3) is 5.32. The molecular formula is C27H23ClF2N6O3S. The highest BCUT2D eigenvalue weighted by Gasteiger charge is 2.24. The van der Waals surface area contributed by atoms with Gasteiger partial charge in [-0.25, -0.2) is 8.78 Å². The predicted molar refractivity (Wildman–Crippen MR) is 150 cm³/mol. The number of aromatic nitrogens is 5. The van der Waals surface area contributed by atoms with Crippen LogP contribution >= 0.6 is 22.9 Å². The number of pyridine rings is 1. The van der Waals surface area contributed by atoms with Crippen LogP contribution in [0.1, 0.15) is 30.8 Å². The normalized spacial score (nSPS) is 12.2. The second kappa shape index (κ2) is 11.1. The van der Waals surface area contributed by atoms with Crippen molar-refractivity contribution in [1.82, 2.24) is 24.5 Å². The molecule has 0 fully saturated rings. The Morgan fingerprint density at radius 1 is 1.10 bits per heavy atom. The van der Waals surface area contributed by atoms with Gasteiger partial charge in [-0.05, 0) is 48.4 Å². The molecule has 0 radical (unpaired) electrons. The van der Waals surface area contributed by atoms with E-state index in [2.05, 4.69) is 20.6 Å². The largest absolute Gasteiger partial charge is 0.495 e. The smallest absolute Gasteiger partial charge is 0.291 e. The molecule has 3 aromatic heterocycles. The van der Waals surface area contributed by atoms with Crippen LogP contribution in [0.4, 0.5) is 14.5 Å². The van der Waals surface area contributed by atoms with Crippen molar-refractivity contribution in [3.63, 3.8) is 0 Å². The number of alkyl halides is 2. The first-order valence-corrected chi connectivity index (χ1v) is 13.3. The average Bonchev–Trinajstić information content (AvgIpc) is 3.56. The number of carbonyl (C=O) groups excluding carboxylic acids is 1. The van der Waals surface area contributed by atoms with Gasteiger partial charge in [0.25, 0.3) is 12.0 Å². The quantitative estimate of drug-likeness (QED) is 0.236. The van der Waals surface area contributed by atoms with Crippen LogP contribution in [0.3, 0.4) is 0 Å². The zero-order chi connectivity index (χ0) is 28.6. The first-order valence-electron chi connectivity index (χ1n) is 12.1. The molecular weight excluding hydrogens is 562 g/mol. The lowest BCUT2D eigenvalue weighted by molar-refractivity contribution is -0.119. The highest BCUT2D eigenvalue weighted by Crippen LogP contribution is 2.40. The molecule has 5 aromatic rings. The number of benzene rings is 2. The van der Waals surface area contributed by atoms with Crippen molar-refractivity contribution in [2.24, 2.45) is 7.05 Å². The first kappa shape index (κ1) is 27.4. The number of nitrogens with one attached hydrogen (secondary N) is 1. The van der Waals surface area contributed by atoms with Gasteiger partial charge in [0, 0.05) is 46.5 Å². The highest BCUT2D eigenvalue weighted by molar-refractivity contribution is 7.14. The molecule has 0 aliphatic rings. The van der Waals surface area contributed by atoms with Gasteiger partial charge in [0.1, 0.15) is 16.8 Å². The summed E-state index contributed by atoms with van der Waals surface area (Å²) in [4.78, 5) is 26.7. The lowest BCUT2D eigenvalue weighted by Crippen LogP contribution is -2.32. The minimum absolute atomic E-state index is 0.240. The number of carbonyl (C=O) groups is 1. The molecule has 0 saturated heterocycles. The third-order valence-corrected chi connectivity index (χ3v) is 7.50. The van der Waals surface area contributed by atoms with Crippen LogP contribution < -0.4 is 15.6 Å². The SMILES string of the molecule is CCC(C(=O)Nc1ccc2nn(C)cc2c1)n1cc(OC)c(-c2cc(Cl)ccc2-c2nnc(C(F)F)s2)cc1=O. The summed E-state index contributed by atoms with van der Waals surface area (Å²) in [6.07, 6.45) is 0.873. The van der Waals surface area contributed by atoms with Crippen LogP contribution in [-0.4, -0.2) is 37.6 Å². The molecule has 9 nitrogen and oxygen atoms in total. The van der Waals surface area contributed by atoms with E-state index in [-0.39, 0.29) is 16.7 Å². The molecule has 206 valence electrons. The summed E-state index contributed by atoms with van der Waals surface area (Å²) in [5, 5.41) is 15.7. The average molecular weight is 585 g/mol. The second-order valence-corrected chi connectivity index (χ2v) is 10.4. The number of halogens is 3. The number of hydrogen-bond donors (Lipinski definition) is 1. The molecule has 0 saturated carbocycles. The van der Waals surface area contributed by atoms with Gasteiger partial charge in [0.2, 0.25) is 5.91 Å². The summed E-state index contributed by atoms with van der Waals surface area (Å²) in [7, 11) is 3.25. The van der Waals surface area contributed by atoms with Crippen LogP contribution in [0.2, 0.25) is 5.02 Å². The van der Waals surface area contributed by atoms with E-state index in [0.717, 1.165) is 22.2 Å². The van der Waals surface area contributed by atoms with Gasteiger partial charge in [0.05, 0.1) is 18.8 Å². The molecule has 1 amide bonds. The van der Waals surface area contributed by atoms with Gasteiger partial charge in [-0.3, -0.25) is 18.8 Å². The van der Waals surface area contributed by atoms with E-state index in [0.29, 0.717) is 33.8 Å². The molecule has 13 heteroatoms. The van der Waals surface area contributed by atoms with Gasteiger partial charge < -0.3 is 10.1 Å². The highest BCUT2D eigenvalue weighted by atomic mass is 35.5. The summed E-state index contributed by atoms with van der Waals surface area (Å²) in [5.74, 6) is -0.0933. The van der Waals surface area contributed by atoms with Crippen molar-refractivity contribution in [3.05, 3.63) is 75.2 Å². The van der Waals surface area contributed by atoms with Gasteiger partial charge in [-0.1, -0.05) is 29.9 Å². The number of hydrogen-bond acceptors (Lipinski definition) is 7. The summed E-state index contributed by atoms with van der Waals surface area (Å²) < 4.78 is 34.9. The van der Waals surface area contributed by atoms with Crippen LogP contribution in [0.5, 0.6) is 5.75 Å². The van der Waals surface area contributed by atoms with Gasteiger partial charge >= 0.3 is 0 Å². The van der Waals surface area contributed by atoms with Crippen LogP contribution in [0, 0.1) is 0 Å². The van der Waals surface area contributed by atoms with Gasteiger partial charge in [-0.15, -0.1) is 10.2 Å². The Hall–Kier alpha value is -4.16. The minimum Gasteiger partial charge on any atom is -0.495 e. The Bertz CT molecular complexity index is 1780. The summed E-state index contributed by atoms with van der Waals surface area (Å²) in [6.45, 7) is 1.80. The van der Waals surface area contributed by atoms with E-state index in [1.807, 2.05) is 19.3 Å². The van der Waals surface area contributed by atoms with Crippen molar-refractivity contribution in [3.8, 4) is 27.4 Å². The standard InChI is InChI=1S/C27H23ClF2N6O3S/c1-4-21(25(38)31-16-6-8-20-14(9-16)12-35(2)34-20)36-13-22(39-3)19(11-23(36)37)18-10-15(28)5-7-17(18)26-32-33-27(40-26)24(29)30/h5-13,21,24H,4H2,1-3H3,(H,31,38). The molecule has 0 bridgehead atoms. The molecule has 40 heavy (non-hydrogen) atoms. The number of nitrogens with zero attached hydrogens (tertiary/aromatic N) is 5. The zero-order valence-corrected chi connectivity index (χ0v) is 23.1. The van der Waals surface area contributed by atoms with Crippen molar-refractivity contribution in [2.75, 3.05) is 12.4 Å². The third-order valence-electron chi connectivity index (χ3n) is 6.31. The van der Waals surface area contributed by atoms with Crippen molar-refractivity contribution < 1.29 is 18.3 Å². The zero-order valence-electron chi connectivity index (χ0n) is 21.6. The van der Waals surface area contributed by atoms with Crippen LogP contribution in [0.15, 0.2) is 59.7 Å². The maximum absolute atomic E-state index is 13.4. The number of aryl methyl sites for hydroxylation is 1. The number of rotatable bonds is 8. The molecule has 1 N–H and O–H groups in total. The Kier molecular flexibility index (Phi) is 7.63. The second-order valence-electron chi connectivity index (χ2n) is 8.93. The molecule has 3 heterocycles. The van der Waals surface area contributed by atoms with Crippen molar-refractivity contribution >= 4 is 45.4 Å². The maximum Gasteiger partial charge on any atom is 0.291 e. The summed E-state index contributed by atoms with van der Waals surface area (Å²) >= 11 is 7.02. The Morgan fingerprint density at radius 2 is 1.90 bits per heavy atom. The van der Waals surface area contributed by atoms with Gasteiger partial charge in [-0.2, -0.15) is 5.10 Å². The first-order chi connectivity index (χ1) is 19.2. The molecule has 1 atom stereocenters. The van der Waals surface area contributed by atoms with E-state index in [1.54, 1.807) is 41.9 Å². The van der Waals surface area contributed by atoms with E-state index in [1.165, 1.54) is 23.9 Å². The van der Waals surface area contributed by atoms with Gasteiger partial charge in [0.15, 0.2) is 5.01 Å². The molecule has 5 rings (SSSR count). The van der Waals surface area contributed by atoms with Crippen molar-refractivity contribution in [1.29, 1.82) is 0 Å². The Labute approximate surface area is 236 Å². The lowest BCUT2D eigenvalue weighted by atomic mass is 9.99. The van der Waals surface area contributed by atoms with Crippen molar-refractivity contribution in [2.45, 2.75) is 25.8 Å². The van der Waals surface area contributed by atoms with E-state index >= 15 is 0 Å². The minimum atomic E-state index is -2.76. The number of amides is 1. The Morgan fingerprint density at radius 3 is 2.60 bits per heavy atom. The summed E-state index contributed by atoms with van der Waals surface area (Å²) in [5.41, 5.74) is 2.18. The fourth-order valence-electron chi connectivity index (χ4n) is 4.46. The fraction of sp³-hybridized carbons (Fsp3) is 0.222. The molecule has 0 spiro atoms. The fourth-order valence-corrected chi connectivity index (χ4v) is 5.37. The number of methoxy groups -OCH3 is 1. The lowest BCUT2D eigenvalue weighted by Gasteiger charge is -2.20. The predicted octanol–water partition coefficient (Wildman–Crippen LogP) is 6.11. The Balaban J connectivity index is 1.52. The molecule has 1 unspecified atom stereocenters. The van der Waals surface area contributed by atoms with Crippen LogP contribution in [0.25, 0.3) is 32.6 Å². The molecule has 0 aliphatic carbocycles. The number of anilines is 1.